The molecule has 0 heterocycles. The van der Waals surface area contributed by atoms with E-state index >= 15 is 0 Å². The molecule has 0 aromatic heterocycles. The highest BCUT2D eigenvalue weighted by atomic mass is 16.1. The first-order valence-corrected chi connectivity index (χ1v) is 6.58. The lowest BCUT2D eigenvalue weighted by Crippen LogP contribution is -2.31. The minimum absolute atomic E-state index is 0.0668. The number of benzene rings is 1. The lowest BCUT2D eigenvalue weighted by molar-refractivity contribution is -0.121. The van der Waals surface area contributed by atoms with Crippen LogP contribution in [0.4, 0.5) is 0 Å². The summed E-state index contributed by atoms with van der Waals surface area (Å²) < 4.78 is 0. The van der Waals surface area contributed by atoms with Crippen molar-refractivity contribution >= 4 is 5.91 Å². The molecule has 3 nitrogen and oxygen atoms in total. The van der Waals surface area contributed by atoms with Crippen molar-refractivity contribution in [2.24, 2.45) is 0 Å². The van der Waals surface area contributed by atoms with Gasteiger partial charge in [0.1, 0.15) is 0 Å². The van der Waals surface area contributed by atoms with Gasteiger partial charge in [-0.3, -0.25) is 4.79 Å². The van der Waals surface area contributed by atoms with Crippen LogP contribution in [-0.4, -0.2) is 18.5 Å². The van der Waals surface area contributed by atoms with Crippen molar-refractivity contribution in [2.75, 3.05) is 6.54 Å². The number of amides is 1. The lowest BCUT2D eigenvalue weighted by Gasteiger charge is -2.15. The van der Waals surface area contributed by atoms with Crippen LogP contribution in [0.1, 0.15) is 44.4 Å². The molecular weight excluding hydrogens is 224 g/mol. The summed E-state index contributed by atoms with van der Waals surface area (Å²) in [6.07, 6.45) is 0.522. The maximum absolute atomic E-state index is 11.7. The molecule has 0 aliphatic carbocycles. The predicted molar refractivity (Wildman–Crippen MR) is 75.5 cm³/mol. The molecule has 1 aromatic rings. The molecule has 1 amide bonds. The third kappa shape index (κ3) is 5.32. The fraction of sp³-hybridized carbons (Fsp3) is 0.533. The second kappa shape index (κ2) is 7.17. The van der Waals surface area contributed by atoms with Gasteiger partial charge in [-0.15, -0.1) is 0 Å². The van der Waals surface area contributed by atoms with Gasteiger partial charge < -0.3 is 10.6 Å². The van der Waals surface area contributed by atoms with Gasteiger partial charge in [0.15, 0.2) is 0 Å². The first-order chi connectivity index (χ1) is 8.49. The number of aryl methyl sites for hydroxylation is 1. The fourth-order valence-electron chi connectivity index (χ4n) is 1.73. The van der Waals surface area contributed by atoms with E-state index in [1.54, 1.807) is 0 Å². The van der Waals surface area contributed by atoms with E-state index in [1.165, 1.54) is 5.56 Å². The van der Waals surface area contributed by atoms with Gasteiger partial charge in [0.25, 0.3) is 0 Å². The molecule has 1 rings (SSSR count). The molecule has 2 N–H and O–H groups in total. The molecule has 100 valence electrons. The molecule has 3 heteroatoms. The third-order valence-electron chi connectivity index (χ3n) is 2.86. The van der Waals surface area contributed by atoms with E-state index in [4.69, 9.17) is 0 Å². The van der Waals surface area contributed by atoms with Crippen molar-refractivity contribution in [2.45, 2.75) is 46.2 Å². The van der Waals surface area contributed by atoms with Crippen LogP contribution in [0, 0.1) is 6.92 Å². The second-order valence-corrected chi connectivity index (χ2v) is 5.06. The Hall–Kier alpha value is -1.35. The van der Waals surface area contributed by atoms with Crippen LogP contribution in [-0.2, 0) is 4.79 Å². The summed E-state index contributed by atoms with van der Waals surface area (Å²) in [6, 6.07) is 8.75. The molecule has 1 aromatic carbocycles. The Labute approximate surface area is 110 Å². The maximum atomic E-state index is 11.7. The average molecular weight is 248 g/mol. The topological polar surface area (TPSA) is 41.1 Å². The van der Waals surface area contributed by atoms with Gasteiger partial charge >= 0.3 is 0 Å². The normalized spacial score (nSPS) is 12.5. The van der Waals surface area contributed by atoms with Crippen molar-refractivity contribution in [3.63, 3.8) is 0 Å². The van der Waals surface area contributed by atoms with Gasteiger partial charge in [0.2, 0.25) is 5.91 Å². The molecule has 0 aliphatic rings. The Kier molecular flexibility index (Phi) is 5.86. The maximum Gasteiger partial charge on any atom is 0.221 e. The van der Waals surface area contributed by atoms with E-state index in [-0.39, 0.29) is 11.9 Å². The van der Waals surface area contributed by atoms with Gasteiger partial charge in [0, 0.05) is 19.0 Å². The van der Waals surface area contributed by atoms with Crippen LogP contribution in [0.15, 0.2) is 24.3 Å². The zero-order valence-electron chi connectivity index (χ0n) is 11.8. The number of hydrogen-bond acceptors (Lipinski definition) is 2. The molecule has 0 saturated heterocycles. The van der Waals surface area contributed by atoms with Crippen LogP contribution in [0.5, 0.6) is 0 Å². The van der Waals surface area contributed by atoms with Crippen LogP contribution in [0.2, 0.25) is 0 Å². The van der Waals surface area contributed by atoms with E-state index in [9.17, 15) is 4.79 Å². The number of carbonyl (C=O) groups excluding carboxylic acids is 1. The number of hydrogen-bond donors (Lipinski definition) is 2. The molecule has 1 unspecified atom stereocenters. The van der Waals surface area contributed by atoms with Crippen LogP contribution < -0.4 is 10.6 Å². The van der Waals surface area contributed by atoms with E-state index in [2.05, 4.69) is 55.7 Å². The largest absolute Gasteiger partial charge is 0.350 e. The number of carbonyl (C=O) groups is 1. The lowest BCUT2D eigenvalue weighted by atomic mass is 10.1. The van der Waals surface area contributed by atoms with E-state index < -0.39 is 0 Å². The highest BCUT2D eigenvalue weighted by Gasteiger charge is 2.08. The zero-order chi connectivity index (χ0) is 13.5. The molecule has 0 spiro atoms. The van der Waals surface area contributed by atoms with E-state index in [1.807, 2.05) is 6.92 Å². The van der Waals surface area contributed by atoms with Crippen molar-refractivity contribution in [3.8, 4) is 0 Å². The summed E-state index contributed by atoms with van der Waals surface area (Å²) in [4.78, 5) is 11.7. The van der Waals surface area contributed by atoms with Gasteiger partial charge in [0.05, 0.1) is 6.04 Å². The molecule has 0 aliphatic heterocycles. The van der Waals surface area contributed by atoms with Crippen molar-refractivity contribution in [3.05, 3.63) is 35.4 Å². The van der Waals surface area contributed by atoms with E-state index in [0.717, 1.165) is 12.1 Å². The molecule has 0 saturated carbocycles. The van der Waals surface area contributed by atoms with Crippen LogP contribution >= 0.6 is 0 Å². The van der Waals surface area contributed by atoms with Crippen molar-refractivity contribution in [1.82, 2.24) is 10.6 Å². The standard InChI is InChI=1S/C15H24N2O/c1-11(2)16-10-9-15(18)17-13(4)14-7-5-12(3)6-8-14/h5-8,11,13,16H,9-10H2,1-4H3,(H,17,18). The Morgan fingerprint density at radius 3 is 2.33 bits per heavy atom. The molecule has 0 fully saturated rings. The second-order valence-electron chi connectivity index (χ2n) is 5.06. The number of rotatable bonds is 6. The van der Waals surface area contributed by atoms with E-state index in [0.29, 0.717) is 12.5 Å². The smallest absolute Gasteiger partial charge is 0.221 e. The molecule has 0 radical (unpaired) electrons. The Morgan fingerprint density at radius 1 is 1.17 bits per heavy atom. The van der Waals surface area contributed by atoms with Crippen molar-refractivity contribution < 1.29 is 4.79 Å². The van der Waals surface area contributed by atoms with Crippen LogP contribution in [0.3, 0.4) is 0 Å². The summed E-state index contributed by atoms with van der Waals surface area (Å²) in [5.41, 5.74) is 2.38. The summed E-state index contributed by atoms with van der Waals surface area (Å²) in [5, 5.41) is 6.25. The molecule has 0 bridgehead atoms. The molecule has 1 atom stereocenters. The Balaban J connectivity index is 2.37. The van der Waals surface area contributed by atoms with Gasteiger partial charge in [-0.05, 0) is 19.4 Å². The first-order valence-electron chi connectivity index (χ1n) is 6.58. The quantitative estimate of drug-likeness (QED) is 0.812. The third-order valence-corrected chi connectivity index (χ3v) is 2.86. The van der Waals surface area contributed by atoms with Gasteiger partial charge in [-0.1, -0.05) is 43.7 Å². The number of nitrogens with one attached hydrogen (secondary N) is 2. The summed E-state index contributed by atoms with van der Waals surface area (Å²) in [5.74, 6) is 0.0937. The SMILES string of the molecule is Cc1ccc(C(C)NC(=O)CCNC(C)C)cc1. The highest BCUT2D eigenvalue weighted by Crippen LogP contribution is 2.12. The van der Waals surface area contributed by atoms with Gasteiger partial charge in [-0.2, -0.15) is 0 Å². The fourth-order valence-corrected chi connectivity index (χ4v) is 1.73. The average Bonchev–Trinajstić information content (AvgIpc) is 2.29. The zero-order valence-corrected chi connectivity index (χ0v) is 11.8. The molecular formula is C15H24N2O. The minimum Gasteiger partial charge on any atom is -0.350 e. The molecule has 18 heavy (non-hydrogen) atoms. The Bertz CT molecular complexity index is 371. The Morgan fingerprint density at radius 2 is 1.78 bits per heavy atom. The van der Waals surface area contributed by atoms with Gasteiger partial charge in [-0.25, -0.2) is 0 Å². The highest BCUT2D eigenvalue weighted by molar-refractivity contribution is 5.76. The summed E-state index contributed by atoms with van der Waals surface area (Å²) in [6.45, 7) is 8.95. The predicted octanol–water partition coefficient (Wildman–Crippen LogP) is 2.56. The first kappa shape index (κ1) is 14.7. The van der Waals surface area contributed by atoms with Crippen molar-refractivity contribution in [1.29, 1.82) is 0 Å². The monoisotopic (exact) mass is 248 g/mol. The minimum atomic E-state index is 0.0668. The summed E-state index contributed by atoms with van der Waals surface area (Å²) in [7, 11) is 0. The van der Waals surface area contributed by atoms with Crippen LogP contribution in [0.25, 0.3) is 0 Å². The summed E-state index contributed by atoms with van der Waals surface area (Å²) >= 11 is 0.